The Bertz CT molecular complexity index is 642. The topological polar surface area (TPSA) is 58.2 Å². The number of aryl methyl sites for hydroxylation is 1. The smallest absolute Gasteiger partial charge is 0.409 e. The van der Waals surface area contributed by atoms with E-state index in [1.54, 1.807) is 16.7 Å². The number of carbonyl (C=O) groups is 1. The predicted molar refractivity (Wildman–Crippen MR) is 86.2 cm³/mol. The summed E-state index contributed by atoms with van der Waals surface area (Å²) < 4.78 is 4.91. The summed E-state index contributed by atoms with van der Waals surface area (Å²) in [5.41, 5.74) is 3.44. The maximum atomic E-state index is 11.3. The van der Waals surface area contributed by atoms with Crippen LogP contribution in [0.3, 0.4) is 0 Å². The van der Waals surface area contributed by atoms with Gasteiger partial charge in [-0.3, -0.25) is 0 Å². The second-order valence-electron chi connectivity index (χ2n) is 5.23. The molecule has 0 radical (unpaired) electrons. The van der Waals surface area contributed by atoms with Crippen molar-refractivity contribution in [3.63, 3.8) is 0 Å². The van der Waals surface area contributed by atoms with Crippen molar-refractivity contribution in [1.82, 2.24) is 14.9 Å². The number of thioether (sulfide) groups is 1. The molecule has 116 valence electrons. The van der Waals surface area contributed by atoms with Crippen molar-refractivity contribution in [3.8, 4) is 0 Å². The van der Waals surface area contributed by atoms with E-state index in [2.05, 4.69) is 22.1 Å². The van der Waals surface area contributed by atoms with E-state index in [1.807, 2.05) is 25.1 Å². The standard InChI is InChI=1S/C16H19N3O2S/c1-12-14(11-13-5-3-2-4-6-13)18-15(17-12)22-10-8-19-7-9-21-16(19)20/h2-6H,7-11H2,1H3,(H,17,18). The van der Waals surface area contributed by atoms with Crippen molar-refractivity contribution in [3.05, 3.63) is 47.3 Å². The van der Waals surface area contributed by atoms with Gasteiger partial charge in [0.1, 0.15) is 6.61 Å². The molecule has 0 unspecified atom stereocenters. The zero-order valence-electron chi connectivity index (χ0n) is 12.5. The maximum Gasteiger partial charge on any atom is 0.409 e. The van der Waals surface area contributed by atoms with Crippen LogP contribution in [-0.2, 0) is 11.2 Å². The summed E-state index contributed by atoms with van der Waals surface area (Å²) in [6, 6.07) is 10.3. The molecule has 1 saturated heterocycles. The fraction of sp³-hybridized carbons (Fsp3) is 0.375. The summed E-state index contributed by atoms with van der Waals surface area (Å²) >= 11 is 1.64. The van der Waals surface area contributed by atoms with Crippen LogP contribution in [0.1, 0.15) is 17.0 Å². The van der Waals surface area contributed by atoms with Crippen molar-refractivity contribution in [2.45, 2.75) is 18.5 Å². The largest absolute Gasteiger partial charge is 0.448 e. The number of benzene rings is 1. The minimum Gasteiger partial charge on any atom is -0.448 e. The van der Waals surface area contributed by atoms with Crippen LogP contribution in [0.25, 0.3) is 0 Å². The molecule has 0 bridgehead atoms. The van der Waals surface area contributed by atoms with E-state index in [-0.39, 0.29) is 6.09 Å². The quantitative estimate of drug-likeness (QED) is 0.832. The molecule has 6 heteroatoms. The molecule has 1 aromatic heterocycles. The fourth-order valence-corrected chi connectivity index (χ4v) is 3.28. The molecule has 2 heterocycles. The van der Waals surface area contributed by atoms with E-state index < -0.39 is 0 Å². The number of cyclic esters (lactones) is 1. The number of aromatic amines is 1. The van der Waals surface area contributed by atoms with Crippen LogP contribution in [0, 0.1) is 6.92 Å². The van der Waals surface area contributed by atoms with Crippen LogP contribution in [-0.4, -0.2) is 46.4 Å². The minimum absolute atomic E-state index is 0.207. The van der Waals surface area contributed by atoms with Gasteiger partial charge in [-0.1, -0.05) is 42.1 Å². The van der Waals surface area contributed by atoms with Gasteiger partial charge in [0, 0.05) is 24.4 Å². The minimum atomic E-state index is -0.207. The number of nitrogens with one attached hydrogen (secondary N) is 1. The van der Waals surface area contributed by atoms with Gasteiger partial charge in [-0.15, -0.1) is 0 Å². The van der Waals surface area contributed by atoms with Gasteiger partial charge in [-0.2, -0.15) is 0 Å². The molecule has 1 fully saturated rings. The molecule has 1 N–H and O–H groups in total. The van der Waals surface area contributed by atoms with Gasteiger partial charge in [0.05, 0.1) is 12.2 Å². The Kier molecular flexibility index (Phi) is 4.68. The second-order valence-corrected chi connectivity index (χ2v) is 6.31. The number of H-pyrrole nitrogens is 1. The maximum absolute atomic E-state index is 11.3. The van der Waals surface area contributed by atoms with Crippen LogP contribution in [0.4, 0.5) is 4.79 Å². The number of ether oxygens (including phenoxy) is 1. The third kappa shape index (κ3) is 3.62. The van der Waals surface area contributed by atoms with Crippen molar-refractivity contribution in [2.24, 2.45) is 0 Å². The van der Waals surface area contributed by atoms with Crippen molar-refractivity contribution >= 4 is 17.9 Å². The first-order chi connectivity index (χ1) is 10.7. The SMILES string of the molecule is Cc1[nH]c(SCCN2CCOC2=O)nc1Cc1ccccc1. The van der Waals surface area contributed by atoms with Gasteiger partial charge in [-0.05, 0) is 12.5 Å². The number of hydrogen-bond acceptors (Lipinski definition) is 4. The Labute approximate surface area is 134 Å². The molecule has 2 aromatic rings. The van der Waals surface area contributed by atoms with Crippen LogP contribution < -0.4 is 0 Å². The first kappa shape index (κ1) is 15.0. The monoisotopic (exact) mass is 317 g/mol. The molecule has 0 aliphatic carbocycles. The van der Waals surface area contributed by atoms with Crippen molar-refractivity contribution < 1.29 is 9.53 Å². The Morgan fingerprint density at radius 3 is 2.91 bits per heavy atom. The highest BCUT2D eigenvalue weighted by Crippen LogP contribution is 2.19. The van der Waals surface area contributed by atoms with Crippen LogP contribution in [0.2, 0.25) is 0 Å². The van der Waals surface area contributed by atoms with E-state index in [0.717, 1.165) is 28.7 Å². The highest BCUT2D eigenvalue weighted by atomic mass is 32.2. The lowest BCUT2D eigenvalue weighted by atomic mass is 10.1. The third-order valence-electron chi connectivity index (χ3n) is 3.62. The Morgan fingerprint density at radius 1 is 1.36 bits per heavy atom. The lowest BCUT2D eigenvalue weighted by Crippen LogP contribution is -2.26. The number of hydrogen-bond donors (Lipinski definition) is 1. The summed E-state index contributed by atoms with van der Waals surface area (Å²) in [6.45, 7) is 3.94. The van der Waals surface area contributed by atoms with Crippen LogP contribution in [0.15, 0.2) is 35.5 Å². The summed E-state index contributed by atoms with van der Waals surface area (Å²) in [7, 11) is 0. The number of imidazole rings is 1. The average Bonchev–Trinajstić information content (AvgIpc) is 3.07. The molecule has 1 amide bonds. The van der Waals surface area contributed by atoms with Gasteiger partial charge in [0.15, 0.2) is 5.16 Å². The molecule has 0 saturated carbocycles. The average molecular weight is 317 g/mol. The van der Waals surface area contributed by atoms with Gasteiger partial charge in [0.25, 0.3) is 0 Å². The Hall–Kier alpha value is -1.95. The molecular weight excluding hydrogens is 298 g/mol. The molecule has 1 aromatic carbocycles. The number of nitrogens with zero attached hydrogens (tertiary/aromatic N) is 2. The van der Waals surface area contributed by atoms with Crippen molar-refractivity contribution in [2.75, 3.05) is 25.4 Å². The van der Waals surface area contributed by atoms with Gasteiger partial charge in [-0.25, -0.2) is 9.78 Å². The molecule has 0 spiro atoms. The Balaban J connectivity index is 1.54. The molecular formula is C16H19N3O2S. The highest BCUT2D eigenvalue weighted by molar-refractivity contribution is 7.99. The third-order valence-corrected chi connectivity index (χ3v) is 4.48. The first-order valence-corrected chi connectivity index (χ1v) is 8.35. The van der Waals surface area contributed by atoms with Gasteiger partial charge >= 0.3 is 6.09 Å². The van der Waals surface area contributed by atoms with Crippen LogP contribution in [0.5, 0.6) is 0 Å². The molecule has 1 aliphatic heterocycles. The molecule has 3 rings (SSSR count). The van der Waals surface area contributed by atoms with E-state index >= 15 is 0 Å². The number of carbonyl (C=O) groups excluding carboxylic acids is 1. The second kappa shape index (κ2) is 6.87. The van der Waals surface area contributed by atoms with Crippen molar-refractivity contribution in [1.29, 1.82) is 0 Å². The molecule has 22 heavy (non-hydrogen) atoms. The summed E-state index contributed by atoms with van der Waals surface area (Å²) in [6.07, 6.45) is 0.628. The Morgan fingerprint density at radius 2 is 2.18 bits per heavy atom. The number of amides is 1. The normalized spacial score (nSPS) is 14.4. The number of rotatable bonds is 6. The van der Waals surface area contributed by atoms with E-state index in [1.165, 1.54) is 5.56 Å². The molecule has 5 nitrogen and oxygen atoms in total. The van der Waals surface area contributed by atoms with Gasteiger partial charge in [0.2, 0.25) is 0 Å². The van der Waals surface area contributed by atoms with E-state index in [4.69, 9.17) is 4.74 Å². The zero-order chi connectivity index (χ0) is 15.4. The number of aromatic nitrogens is 2. The van der Waals surface area contributed by atoms with E-state index in [9.17, 15) is 4.79 Å². The summed E-state index contributed by atoms with van der Waals surface area (Å²) in [5.74, 6) is 0.812. The lowest BCUT2D eigenvalue weighted by molar-refractivity contribution is 0.160. The lowest BCUT2D eigenvalue weighted by Gasteiger charge is -2.10. The van der Waals surface area contributed by atoms with Crippen LogP contribution >= 0.6 is 11.8 Å². The molecule has 1 aliphatic rings. The first-order valence-electron chi connectivity index (χ1n) is 7.36. The summed E-state index contributed by atoms with van der Waals surface area (Å²) in [5, 5.41) is 0.913. The predicted octanol–water partition coefficient (Wildman–Crippen LogP) is 2.85. The highest BCUT2D eigenvalue weighted by Gasteiger charge is 2.21. The molecule has 0 atom stereocenters. The van der Waals surface area contributed by atoms with E-state index in [0.29, 0.717) is 19.7 Å². The zero-order valence-corrected chi connectivity index (χ0v) is 13.4. The van der Waals surface area contributed by atoms with Gasteiger partial charge < -0.3 is 14.6 Å². The fourth-order valence-electron chi connectivity index (χ4n) is 2.38. The summed E-state index contributed by atoms with van der Waals surface area (Å²) in [4.78, 5) is 21.1.